The molecule has 1 aliphatic carbocycles. The molecule has 0 aliphatic heterocycles. The van der Waals surface area contributed by atoms with Crippen molar-refractivity contribution in [1.82, 2.24) is 0 Å². The van der Waals surface area contributed by atoms with Crippen molar-refractivity contribution in [3.8, 4) is 0 Å². The third-order valence-corrected chi connectivity index (χ3v) is 3.62. The van der Waals surface area contributed by atoms with Crippen LogP contribution in [0.2, 0.25) is 0 Å². The van der Waals surface area contributed by atoms with Crippen molar-refractivity contribution in [3.05, 3.63) is 34.6 Å². The van der Waals surface area contributed by atoms with Gasteiger partial charge in [-0.2, -0.15) is 0 Å². The molecule has 0 unspecified atom stereocenters. The highest BCUT2D eigenvalue weighted by Crippen LogP contribution is 2.39. The first-order valence-electron chi connectivity index (χ1n) is 5.87. The Labute approximate surface area is 101 Å². The van der Waals surface area contributed by atoms with Crippen LogP contribution in [0.25, 0.3) is 0 Å². The Hall–Kier alpha value is -1.22. The van der Waals surface area contributed by atoms with Crippen LogP contribution >= 0.6 is 0 Å². The molecule has 0 saturated heterocycles. The van der Waals surface area contributed by atoms with Gasteiger partial charge < -0.3 is 4.74 Å². The first-order valence-corrected chi connectivity index (χ1v) is 5.87. The number of carbonyl (C=O) groups is 1. The highest BCUT2D eigenvalue weighted by Gasteiger charge is 2.45. The molecule has 0 amide bonds. The zero-order valence-corrected chi connectivity index (χ0v) is 10.5. The average Bonchev–Trinajstić information content (AvgIpc) is 2.14. The fourth-order valence-electron chi connectivity index (χ4n) is 2.45. The lowest BCUT2D eigenvalue weighted by Crippen LogP contribution is -2.47. The Morgan fingerprint density at radius 2 is 2.00 bits per heavy atom. The minimum atomic E-state index is -0.777. The van der Waals surface area contributed by atoms with E-state index in [0.29, 0.717) is 18.4 Å². The Balaban J connectivity index is 2.44. The largest absolute Gasteiger partial charge is 0.370 e. The highest BCUT2D eigenvalue weighted by atomic mass is 19.1. The van der Waals surface area contributed by atoms with Crippen LogP contribution in [0.15, 0.2) is 12.1 Å². The fraction of sp³-hybridized carbons (Fsp3) is 0.500. The minimum Gasteiger partial charge on any atom is -0.370 e. The minimum absolute atomic E-state index is 0.192. The molecule has 0 atom stereocenters. The second kappa shape index (κ2) is 4.22. The lowest BCUT2D eigenvalue weighted by atomic mass is 9.74. The van der Waals surface area contributed by atoms with E-state index in [2.05, 4.69) is 0 Å². The molecule has 92 valence electrons. The third-order valence-electron chi connectivity index (χ3n) is 3.62. The summed E-state index contributed by atoms with van der Waals surface area (Å²) < 4.78 is 19.2. The van der Waals surface area contributed by atoms with Crippen molar-refractivity contribution < 1.29 is 13.9 Å². The predicted molar refractivity (Wildman–Crippen MR) is 63.8 cm³/mol. The summed E-state index contributed by atoms with van der Waals surface area (Å²) in [5, 5.41) is 0. The molecule has 0 bridgehead atoms. The van der Waals surface area contributed by atoms with Gasteiger partial charge in [-0.3, -0.25) is 4.79 Å². The summed E-state index contributed by atoms with van der Waals surface area (Å²) in [6.45, 7) is 3.59. The number of ether oxygens (including phenoxy) is 1. The monoisotopic (exact) mass is 236 g/mol. The summed E-state index contributed by atoms with van der Waals surface area (Å²) in [5.41, 5.74) is 0.936. The third kappa shape index (κ3) is 1.89. The maximum Gasteiger partial charge on any atom is 0.197 e. The molecular weight excluding hydrogens is 219 g/mol. The van der Waals surface area contributed by atoms with E-state index in [1.807, 2.05) is 13.0 Å². The molecule has 1 aromatic rings. The van der Waals surface area contributed by atoms with Crippen molar-refractivity contribution >= 4 is 5.78 Å². The first-order chi connectivity index (χ1) is 8.00. The second-order valence-corrected chi connectivity index (χ2v) is 4.82. The summed E-state index contributed by atoms with van der Waals surface area (Å²) in [6, 6.07) is 3.24. The number of methoxy groups -OCH3 is 1. The van der Waals surface area contributed by atoms with Crippen molar-refractivity contribution in [2.45, 2.75) is 38.7 Å². The number of rotatable bonds is 3. The molecule has 1 saturated carbocycles. The van der Waals surface area contributed by atoms with Crippen LogP contribution in [-0.2, 0) is 4.74 Å². The molecule has 0 N–H and O–H groups in total. The molecule has 0 radical (unpaired) electrons. The molecule has 1 aliphatic rings. The van der Waals surface area contributed by atoms with E-state index in [-0.39, 0.29) is 11.3 Å². The lowest BCUT2D eigenvalue weighted by molar-refractivity contribution is -0.0451. The molecule has 1 aromatic carbocycles. The van der Waals surface area contributed by atoms with Gasteiger partial charge in [0.1, 0.15) is 11.4 Å². The number of hydrogen-bond donors (Lipinski definition) is 0. The second-order valence-electron chi connectivity index (χ2n) is 4.82. The quantitative estimate of drug-likeness (QED) is 0.753. The van der Waals surface area contributed by atoms with E-state index >= 15 is 0 Å². The van der Waals surface area contributed by atoms with Gasteiger partial charge in [0.15, 0.2) is 5.78 Å². The Bertz CT molecular complexity index is 433. The van der Waals surface area contributed by atoms with E-state index in [9.17, 15) is 9.18 Å². The summed E-state index contributed by atoms with van der Waals surface area (Å²) in [7, 11) is 1.53. The van der Waals surface area contributed by atoms with Crippen LogP contribution in [0.4, 0.5) is 4.39 Å². The SMILES string of the molecule is COC1(C(=O)c2c(C)cc(C)cc2F)CCC1. The van der Waals surface area contributed by atoms with E-state index in [4.69, 9.17) is 4.74 Å². The van der Waals surface area contributed by atoms with Gasteiger partial charge >= 0.3 is 0 Å². The molecule has 2 nitrogen and oxygen atoms in total. The Morgan fingerprint density at radius 1 is 1.35 bits per heavy atom. The van der Waals surface area contributed by atoms with Crippen molar-refractivity contribution in [3.63, 3.8) is 0 Å². The van der Waals surface area contributed by atoms with Gasteiger partial charge in [-0.05, 0) is 50.3 Å². The molecule has 0 aromatic heterocycles. The molecule has 2 rings (SSSR count). The van der Waals surface area contributed by atoms with Crippen molar-refractivity contribution in [1.29, 1.82) is 0 Å². The van der Waals surface area contributed by atoms with Gasteiger partial charge in [0.25, 0.3) is 0 Å². The zero-order chi connectivity index (χ0) is 12.6. The van der Waals surface area contributed by atoms with Gasteiger partial charge in [0.2, 0.25) is 0 Å². The van der Waals surface area contributed by atoms with Crippen LogP contribution in [0, 0.1) is 19.7 Å². The van der Waals surface area contributed by atoms with Crippen molar-refractivity contribution in [2.24, 2.45) is 0 Å². The van der Waals surface area contributed by atoms with Crippen LogP contribution < -0.4 is 0 Å². The van der Waals surface area contributed by atoms with Gasteiger partial charge in [-0.25, -0.2) is 4.39 Å². The molecule has 1 fully saturated rings. The maximum absolute atomic E-state index is 13.9. The Kier molecular flexibility index (Phi) is 3.04. The van der Waals surface area contributed by atoms with E-state index in [1.165, 1.54) is 13.2 Å². The van der Waals surface area contributed by atoms with E-state index in [1.54, 1.807) is 6.92 Å². The number of aryl methyl sites for hydroxylation is 2. The number of ketones is 1. The molecule has 17 heavy (non-hydrogen) atoms. The van der Waals surface area contributed by atoms with E-state index in [0.717, 1.165) is 12.0 Å². The topological polar surface area (TPSA) is 26.3 Å². The predicted octanol–water partition coefficient (Wildman–Crippen LogP) is 3.19. The van der Waals surface area contributed by atoms with Gasteiger partial charge in [0, 0.05) is 7.11 Å². The standard InChI is InChI=1S/C14H17FO2/c1-9-7-10(2)12(11(15)8-9)13(16)14(17-3)5-4-6-14/h7-8H,4-6H2,1-3H3. The van der Waals surface area contributed by atoms with Crippen LogP contribution in [0.5, 0.6) is 0 Å². The smallest absolute Gasteiger partial charge is 0.197 e. The summed E-state index contributed by atoms with van der Waals surface area (Å²) >= 11 is 0. The molecule has 0 spiro atoms. The van der Waals surface area contributed by atoms with Crippen molar-refractivity contribution in [2.75, 3.05) is 7.11 Å². The summed E-state index contributed by atoms with van der Waals surface area (Å²) in [6.07, 6.45) is 2.34. The number of Topliss-reactive ketones (excluding diaryl/α,β-unsaturated/α-hetero) is 1. The fourth-order valence-corrected chi connectivity index (χ4v) is 2.45. The summed E-state index contributed by atoms with van der Waals surface area (Å²) in [5.74, 6) is -0.642. The van der Waals surface area contributed by atoms with Gasteiger partial charge in [-0.15, -0.1) is 0 Å². The lowest BCUT2D eigenvalue weighted by Gasteiger charge is -2.39. The Morgan fingerprint density at radius 3 is 2.41 bits per heavy atom. The first kappa shape index (κ1) is 12.2. The van der Waals surface area contributed by atoms with Gasteiger partial charge in [-0.1, -0.05) is 6.07 Å². The van der Waals surface area contributed by atoms with E-state index < -0.39 is 11.4 Å². The molecule has 0 heterocycles. The normalized spacial score (nSPS) is 17.6. The van der Waals surface area contributed by atoms with Crippen LogP contribution in [0.3, 0.4) is 0 Å². The maximum atomic E-state index is 13.9. The summed E-state index contributed by atoms with van der Waals surface area (Å²) in [4.78, 5) is 12.4. The molecule has 3 heteroatoms. The number of benzene rings is 1. The van der Waals surface area contributed by atoms with Crippen LogP contribution in [-0.4, -0.2) is 18.5 Å². The number of carbonyl (C=O) groups excluding carboxylic acids is 1. The number of hydrogen-bond acceptors (Lipinski definition) is 2. The van der Waals surface area contributed by atoms with Gasteiger partial charge in [0.05, 0.1) is 5.56 Å². The highest BCUT2D eigenvalue weighted by molar-refractivity contribution is 6.04. The van der Waals surface area contributed by atoms with Crippen LogP contribution in [0.1, 0.15) is 40.7 Å². The average molecular weight is 236 g/mol. The molecular formula is C14H17FO2. The zero-order valence-electron chi connectivity index (χ0n) is 10.5. The number of halogens is 1.